The molecule has 1 aliphatic rings. The maximum Gasteiger partial charge on any atom is 0.350 e. The van der Waals surface area contributed by atoms with Crippen molar-refractivity contribution in [2.45, 2.75) is 18.8 Å². The van der Waals surface area contributed by atoms with Gasteiger partial charge < -0.3 is 4.90 Å². The highest BCUT2D eigenvalue weighted by Gasteiger charge is 2.29. The van der Waals surface area contributed by atoms with Crippen molar-refractivity contribution in [2.75, 3.05) is 13.1 Å². The number of hydrogen-bond acceptors (Lipinski definition) is 5. The largest absolute Gasteiger partial charge is 0.350 e. The molecular weight excluding hydrogens is 346 g/mol. The number of aryl methyl sites for hydroxylation is 2. The lowest BCUT2D eigenvalue weighted by molar-refractivity contribution is 0.0704. The van der Waals surface area contributed by atoms with Gasteiger partial charge in [-0.1, -0.05) is 23.4 Å². The number of nitrogens with zero attached hydrogens (tertiary/aromatic N) is 7. The molecule has 3 heterocycles. The first-order chi connectivity index (χ1) is 13.0. The van der Waals surface area contributed by atoms with Gasteiger partial charge >= 0.3 is 5.69 Å². The maximum absolute atomic E-state index is 12.6. The van der Waals surface area contributed by atoms with Crippen LogP contribution in [0.3, 0.4) is 0 Å². The number of carbonyl (C=O) groups excluding carboxylic acids is 1. The fourth-order valence-corrected chi connectivity index (χ4v) is 3.52. The van der Waals surface area contributed by atoms with E-state index in [1.54, 1.807) is 29.8 Å². The number of likely N-dealkylation sites (tertiary alicyclic amines) is 1. The number of rotatable bonds is 3. The van der Waals surface area contributed by atoms with E-state index in [-0.39, 0.29) is 17.5 Å². The van der Waals surface area contributed by atoms with E-state index in [2.05, 4.69) is 15.4 Å². The lowest BCUT2D eigenvalue weighted by atomic mass is 9.95. The molecule has 4 rings (SSSR count). The van der Waals surface area contributed by atoms with Gasteiger partial charge in [0.1, 0.15) is 5.82 Å². The van der Waals surface area contributed by atoms with Crippen LogP contribution in [0.1, 0.15) is 35.1 Å². The van der Waals surface area contributed by atoms with Gasteiger partial charge in [0.2, 0.25) is 0 Å². The molecule has 1 saturated heterocycles. The van der Waals surface area contributed by atoms with Crippen LogP contribution in [0.25, 0.3) is 5.69 Å². The van der Waals surface area contributed by atoms with Crippen LogP contribution in [0.2, 0.25) is 0 Å². The van der Waals surface area contributed by atoms with Crippen molar-refractivity contribution in [3.05, 3.63) is 58.5 Å². The Balaban J connectivity index is 1.55. The zero-order chi connectivity index (χ0) is 19.0. The monoisotopic (exact) mass is 367 g/mol. The van der Waals surface area contributed by atoms with E-state index in [9.17, 15) is 9.59 Å². The Morgan fingerprint density at radius 2 is 1.81 bits per heavy atom. The number of para-hydroxylation sites is 1. The summed E-state index contributed by atoms with van der Waals surface area (Å²) in [5.41, 5.74) is 1.01. The molecule has 0 unspecified atom stereocenters. The van der Waals surface area contributed by atoms with E-state index in [0.29, 0.717) is 18.8 Å². The molecule has 1 aliphatic heterocycles. The molecule has 1 amide bonds. The summed E-state index contributed by atoms with van der Waals surface area (Å²) in [5, 5.41) is 12.2. The van der Waals surface area contributed by atoms with E-state index in [4.69, 9.17) is 0 Å². The summed E-state index contributed by atoms with van der Waals surface area (Å²) in [6.07, 6.45) is 3.12. The minimum Gasteiger partial charge on any atom is -0.337 e. The topological polar surface area (TPSA) is 90.8 Å². The summed E-state index contributed by atoms with van der Waals surface area (Å²) in [4.78, 5) is 26.9. The lowest BCUT2D eigenvalue weighted by Crippen LogP contribution is -2.38. The minimum absolute atomic E-state index is 0.108. The molecule has 3 aromatic rings. The number of hydrogen-bond donors (Lipinski definition) is 0. The van der Waals surface area contributed by atoms with Gasteiger partial charge in [0.15, 0.2) is 5.69 Å². The molecular formula is C18H21N7O2. The lowest BCUT2D eigenvalue weighted by Gasteiger charge is -2.31. The standard InChI is InChI=1S/C18H21N7O2/c1-22-12-15(19-21-22)17(26)24-10-8-13(9-11-24)16-20-23(2)18(27)25(16)14-6-4-3-5-7-14/h3-7,12-13H,8-11H2,1-2H3. The van der Waals surface area contributed by atoms with E-state index in [0.717, 1.165) is 24.4 Å². The molecule has 9 heteroatoms. The summed E-state index contributed by atoms with van der Waals surface area (Å²) >= 11 is 0. The summed E-state index contributed by atoms with van der Waals surface area (Å²) in [6, 6.07) is 9.53. The zero-order valence-electron chi connectivity index (χ0n) is 15.3. The molecule has 2 aromatic heterocycles. The average Bonchev–Trinajstić information content (AvgIpc) is 3.26. The highest BCUT2D eigenvalue weighted by Crippen LogP contribution is 2.28. The van der Waals surface area contributed by atoms with Crippen LogP contribution in [0.15, 0.2) is 41.3 Å². The van der Waals surface area contributed by atoms with Gasteiger partial charge in [-0.25, -0.2) is 14.0 Å². The van der Waals surface area contributed by atoms with Crippen molar-refractivity contribution in [3.8, 4) is 5.69 Å². The number of carbonyl (C=O) groups is 1. The summed E-state index contributed by atoms with van der Waals surface area (Å²) in [6.45, 7) is 1.19. The Kier molecular flexibility index (Phi) is 4.35. The van der Waals surface area contributed by atoms with E-state index in [1.165, 1.54) is 9.36 Å². The molecule has 140 valence electrons. The van der Waals surface area contributed by atoms with Crippen molar-refractivity contribution in [1.29, 1.82) is 0 Å². The first kappa shape index (κ1) is 17.2. The van der Waals surface area contributed by atoms with Crippen LogP contribution < -0.4 is 5.69 Å². The van der Waals surface area contributed by atoms with Gasteiger partial charge in [0.05, 0.1) is 11.9 Å². The molecule has 0 N–H and O–H groups in total. The molecule has 0 aliphatic carbocycles. The average molecular weight is 367 g/mol. The van der Waals surface area contributed by atoms with Crippen LogP contribution in [0, 0.1) is 0 Å². The quantitative estimate of drug-likeness (QED) is 0.680. The molecule has 0 spiro atoms. The maximum atomic E-state index is 12.6. The van der Waals surface area contributed by atoms with Crippen LogP contribution in [-0.2, 0) is 14.1 Å². The summed E-state index contributed by atoms with van der Waals surface area (Å²) < 4.78 is 4.57. The third-order valence-corrected chi connectivity index (χ3v) is 4.93. The molecule has 1 aromatic carbocycles. The van der Waals surface area contributed by atoms with Gasteiger partial charge in [-0.15, -0.1) is 5.10 Å². The first-order valence-electron chi connectivity index (χ1n) is 8.91. The fourth-order valence-electron chi connectivity index (χ4n) is 3.52. The Bertz CT molecular complexity index is 1010. The second-order valence-corrected chi connectivity index (χ2v) is 6.78. The van der Waals surface area contributed by atoms with E-state index >= 15 is 0 Å². The molecule has 9 nitrogen and oxygen atoms in total. The van der Waals surface area contributed by atoms with Gasteiger partial charge in [-0.2, -0.15) is 5.10 Å². The second-order valence-electron chi connectivity index (χ2n) is 6.78. The third-order valence-electron chi connectivity index (χ3n) is 4.93. The smallest absolute Gasteiger partial charge is 0.337 e. The summed E-state index contributed by atoms with van der Waals surface area (Å²) in [7, 11) is 3.40. The van der Waals surface area contributed by atoms with Crippen molar-refractivity contribution in [2.24, 2.45) is 14.1 Å². The van der Waals surface area contributed by atoms with E-state index < -0.39 is 0 Å². The third kappa shape index (κ3) is 3.16. The molecule has 27 heavy (non-hydrogen) atoms. The molecule has 0 atom stereocenters. The minimum atomic E-state index is -0.158. The number of aromatic nitrogens is 6. The van der Waals surface area contributed by atoms with Crippen molar-refractivity contribution in [1.82, 2.24) is 34.2 Å². The Morgan fingerprint density at radius 3 is 2.44 bits per heavy atom. The number of benzene rings is 1. The predicted molar refractivity (Wildman–Crippen MR) is 97.7 cm³/mol. The van der Waals surface area contributed by atoms with Gasteiger partial charge in [0.25, 0.3) is 5.91 Å². The fraction of sp³-hybridized carbons (Fsp3) is 0.389. The van der Waals surface area contributed by atoms with Gasteiger partial charge in [0, 0.05) is 33.1 Å². The van der Waals surface area contributed by atoms with E-state index in [1.807, 2.05) is 30.3 Å². The highest BCUT2D eigenvalue weighted by atomic mass is 16.2. The van der Waals surface area contributed by atoms with Gasteiger partial charge in [-0.3, -0.25) is 9.48 Å². The van der Waals surface area contributed by atoms with Crippen LogP contribution >= 0.6 is 0 Å². The highest BCUT2D eigenvalue weighted by molar-refractivity contribution is 5.92. The van der Waals surface area contributed by atoms with Crippen molar-refractivity contribution >= 4 is 5.91 Å². The molecule has 0 radical (unpaired) electrons. The Morgan fingerprint density at radius 1 is 1.11 bits per heavy atom. The molecule has 0 bridgehead atoms. The van der Waals surface area contributed by atoms with Crippen LogP contribution in [0.5, 0.6) is 0 Å². The first-order valence-corrected chi connectivity index (χ1v) is 8.91. The van der Waals surface area contributed by atoms with Gasteiger partial charge in [-0.05, 0) is 25.0 Å². The second kappa shape index (κ2) is 6.82. The van der Waals surface area contributed by atoms with Crippen LogP contribution in [0.4, 0.5) is 0 Å². The van der Waals surface area contributed by atoms with Crippen molar-refractivity contribution < 1.29 is 4.79 Å². The number of piperidine rings is 1. The predicted octanol–water partition coefficient (Wildman–Crippen LogP) is 0.719. The summed E-state index contributed by atoms with van der Waals surface area (Å²) in [5.74, 6) is 0.758. The van der Waals surface area contributed by atoms with Crippen molar-refractivity contribution in [3.63, 3.8) is 0 Å². The zero-order valence-corrected chi connectivity index (χ0v) is 15.3. The van der Waals surface area contributed by atoms with Crippen LogP contribution in [-0.4, -0.2) is 53.2 Å². The number of amides is 1. The normalized spacial score (nSPS) is 15.3. The SMILES string of the molecule is Cn1cc(C(=O)N2CCC(c3nn(C)c(=O)n3-c3ccccc3)CC2)nn1. The Hall–Kier alpha value is -3.23. The molecule has 0 saturated carbocycles. The Labute approximate surface area is 155 Å². The molecule has 1 fully saturated rings.